The van der Waals surface area contributed by atoms with Gasteiger partial charge in [0.15, 0.2) is 5.82 Å². The topological polar surface area (TPSA) is 115 Å². The molecule has 2 atom stereocenters. The van der Waals surface area contributed by atoms with Crippen LogP contribution >= 0.6 is 0 Å². The van der Waals surface area contributed by atoms with Crippen molar-refractivity contribution in [1.29, 1.82) is 0 Å². The van der Waals surface area contributed by atoms with Crippen molar-refractivity contribution in [2.24, 2.45) is 0 Å². The van der Waals surface area contributed by atoms with Crippen molar-refractivity contribution in [1.82, 2.24) is 19.9 Å². The Kier molecular flexibility index (Phi) is 5.94. The number of fused-ring (bicyclic) bond motifs is 1. The van der Waals surface area contributed by atoms with Crippen LogP contribution in [0.15, 0.2) is 47.4 Å². The number of hydrogen-bond donors (Lipinski definition) is 3. The smallest absolute Gasteiger partial charge is 0.294 e. The van der Waals surface area contributed by atoms with Crippen molar-refractivity contribution >= 4 is 17.5 Å². The molecule has 8 nitrogen and oxygen atoms in total. The third-order valence-electron chi connectivity index (χ3n) is 6.04. The second kappa shape index (κ2) is 8.82. The van der Waals surface area contributed by atoms with Gasteiger partial charge in [-0.2, -0.15) is 0 Å². The van der Waals surface area contributed by atoms with Gasteiger partial charge in [0, 0.05) is 24.1 Å². The number of nitrogen functional groups attached to an aromatic ring is 1. The molecule has 32 heavy (non-hydrogen) atoms. The van der Waals surface area contributed by atoms with E-state index in [0.29, 0.717) is 25.2 Å². The number of aryl methyl sites for hydroxylation is 3. The molecule has 3 aromatic rings. The molecular formula is C24H28N6O2. The fourth-order valence-electron chi connectivity index (χ4n) is 4.24. The number of carbonyl (C=O) groups excluding carboxylic acids is 1. The van der Waals surface area contributed by atoms with E-state index < -0.39 is 6.04 Å². The van der Waals surface area contributed by atoms with E-state index in [1.165, 1.54) is 0 Å². The summed E-state index contributed by atoms with van der Waals surface area (Å²) in [5, 5.41) is 6.17. The van der Waals surface area contributed by atoms with Crippen LogP contribution in [-0.4, -0.2) is 20.4 Å². The number of benzene rings is 1. The molecule has 3 heterocycles. The van der Waals surface area contributed by atoms with E-state index in [9.17, 15) is 9.59 Å². The molecule has 0 aliphatic carbocycles. The maximum absolute atomic E-state index is 13.2. The number of carbonyl (C=O) groups is 1. The molecule has 0 saturated heterocycles. The summed E-state index contributed by atoms with van der Waals surface area (Å²) in [6.45, 7) is 6.22. The van der Waals surface area contributed by atoms with Gasteiger partial charge in [0.05, 0.1) is 6.04 Å². The Bertz CT molecular complexity index is 1220. The zero-order chi connectivity index (χ0) is 22.8. The lowest BCUT2D eigenvalue weighted by Crippen LogP contribution is -2.36. The van der Waals surface area contributed by atoms with Gasteiger partial charge in [-0.15, -0.1) is 0 Å². The molecular weight excluding hydrogens is 404 g/mol. The highest BCUT2D eigenvalue weighted by Gasteiger charge is 2.30. The molecule has 0 spiro atoms. The fourth-order valence-corrected chi connectivity index (χ4v) is 4.24. The molecule has 1 amide bonds. The van der Waals surface area contributed by atoms with Gasteiger partial charge in [0.25, 0.3) is 5.56 Å². The van der Waals surface area contributed by atoms with E-state index in [1.807, 2.05) is 51.1 Å². The fraction of sp³-hybridized carbons (Fsp3) is 0.333. The van der Waals surface area contributed by atoms with Crippen LogP contribution in [-0.2, 0) is 17.8 Å². The van der Waals surface area contributed by atoms with Gasteiger partial charge in [-0.3, -0.25) is 14.2 Å². The summed E-state index contributed by atoms with van der Waals surface area (Å²) in [6, 6.07) is 10.9. The first-order chi connectivity index (χ1) is 15.3. The van der Waals surface area contributed by atoms with E-state index in [4.69, 9.17) is 5.73 Å². The van der Waals surface area contributed by atoms with Gasteiger partial charge in [0.1, 0.15) is 11.9 Å². The summed E-state index contributed by atoms with van der Waals surface area (Å²) < 4.78 is 1.57. The molecule has 0 unspecified atom stereocenters. The van der Waals surface area contributed by atoms with E-state index >= 15 is 0 Å². The molecule has 0 bridgehead atoms. The minimum atomic E-state index is -0.558. The molecule has 166 valence electrons. The molecule has 4 rings (SSSR count). The second-order valence-corrected chi connectivity index (χ2v) is 8.25. The minimum Gasteiger partial charge on any atom is -0.384 e. The van der Waals surface area contributed by atoms with Crippen molar-refractivity contribution in [3.8, 4) is 0 Å². The van der Waals surface area contributed by atoms with E-state index in [0.717, 1.165) is 28.1 Å². The molecule has 0 saturated carbocycles. The summed E-state index contributed by atoms with van der Waals surface area (Å²) in [5.41, 5.74) is 10.1. The van der Waals surface area contributed by atoms with Crippen molar-refractivity contribution in [2.75, 3.05) is 11.1 Å². The summed E-state index contributed by atoms with van der Waals surface area (Å²) in [7, 11) is 0. The maximum Gasteiger partial charge on any atom is 0.294 e. The van der Waals surface area contributed by atoms with Crippen LogP contribution in [0.3, 0.4) is 0 Å². The zero-order valence-corrected chi connectivity index (χ0v) is 18.6. The summed E-state index contributed by atoms with van der Waals surface area (Å²) in [4.78, 5) is 34.8. The Morgan fingerprint density at radius 1 is 1.25 bits per heavy atom. The lowest BCUT2D eigenvalue weighted by atomic mass is 10.0. The Hall–Kier alpha value is -3.68. The molecule has 0 fully saturated rings. The van der Waals surface area contributed by atoms with Gasteiger partial charge in [0.2, 0.25) is 5.91 Å². The van der Waals surface area contributed by atoms with Crippen molar-refractivity contribution in [2.45, 2.75) is 52.2 Å². The van der Waals surface area contributed by atoms with Crippen LogP contribution in [0.5, 0.6) is 0 Å². The molecule has 4 N–H and O–H groups in total. The Morgan fingerprint density at radius 2 is 2.03 bits per heavy atom. The second-order valence-electron chi connectivity index (χ2n) is 8.25. The maximum atomic E-state index is 13.2. The molecule has 1 aliphatic rings. The van der Waals surface area contributed by atoms with Crippen LogP contribution in [0, 0.1) is 13.8 Å². The standard InChI is InChI=1S/C24H28N6O2/c1-14-6-4-5-7-19(14)16(3)29-22-24(32)30-18(13-26-22)9-10-20(30)23(31)27-12-17-8-11-21(25)28-15(17)2/h4-8,11,13,16,20H,9-10,12H2,1-3H3,(H2,25,28)(H,26,29)(H,27,31)/t16-,20+/m1/s1. The van der Waals surface area contributed by atoms with Crippen molar-refractivity contribution in [3.05, 3.63) is 81.0 Å². The van der Waals surface area contributed by atoms with Crippen LogP contribution in [0.25, 0.3) is 0 Å². The van der Waals surface area contributed by atoms with Gasteiger partial charge < -0.3 is 16.4 Å². The Morgan fingerprint density at radius 3 is 2.78 bits per heavy atom. The Labute approximate surface area is 186 Å². The monoisotopic (exact) mass is 432 g/mol. The highest BCUT2D eigenvalue weighted by molar-refractivity contribution is 5.81. The number of rotatable bonds is 6. The average molecular weight is 433 g/mol. The van der Waals surface area contributed by atoms with Gasteiger partial charge in [-0.05, 0) is 56.4 Å². The van der Waals surface area contributed by atoms with Crippen LogP contribution in [0.4, 0.5) is 11.6 Å². The first-order valence-electron chi connectivity index (χ1n) is 10.8. The number of pyridine rings is 1. The summed E-state index contributed by atoms with van der Waals surface area (Å²) in [6.07, 6.45) is 2.89. The molecule has 0 radical (unpaired) electrons. The lowest BCUT2D eigenvalue weighted by Gasteiger charge is -2.19. The normalized spacial score (nSPS) is 15.8. The van der Waals surface area contributed by atoms with E-state index in [2.05, 4.69) is 20.6 Å². The van der Waals surface area contributed by atoms with Gasteiger partial charge >= 0.3 is 0 Å². The number of nitrogens with two attached hydrogens (primary N) is 1. The van der Waals surface area contributed by atoms with E-state index in [1.54, 1.807) is 16.8 Å². The lowest BCUT2D eigenvalue weighted by molar-refractivity contribution is -0.124. The van der Waals surface area contributed by atoms with E-state index in [-0.39, 0.29) is 23.3 Å². The largest absolute Gasteiger partial charge is 0.384 e. The summed E-state index contributed by atoms with van der Waals surface area (Å²) in [5.74, 6) is 0.510. The number of hydrogen-bond acceptors (Lipinski definition) is 6. The van der Waals surface area contributed by atoms with Crippen LogP contribution < -0.4 is 21.9 Å². The van der Waals surface area contributed by atoms with Crippen LogP contribution in [0.1, 0.15) is 53.5 Å². The number of nitrogens with one attached hydrogen (secondary N) is 2. The predicted octanol–water partition coefficient (Wildman–Crippen LogP) is 2.81. The number of aromatic nitrogens is 3. The zero-order valence-electron chi connectivity index (χ0n) is 18.6. The first kappa shape index (κ1) is 21.5. The average Bonchev–Trinajstić information content (AvgIpc) is 3.20. The van der Waals surface area contributed by atoms with Crippen molar-refractivity contribution in [3.63, 3.8) is 0 Å². The first-order valence-corrected chi connectivity index (χ1v) is 10.8. The summed E-state index contributed by atoms with van der Waals surface area (Å²) >= 11 is 0. The highest BCUT2D eigenvalue weighted by atomic mass is 16.2. The third kappa shape index (κ3) is 4.21. The highest BCUT2D eigenvalue weighted by Crippen LogP contribution is 2.25. The number of amides is 1. The Balaban J connectivity index is 1.52. The number of nitrogens with zero attached hydrogens (tertiary/aromatic N) is 3. The predicted molar refractivity (Wildman–Crippen MR) is 124 cm³/mol. The molecule has 1 aliphatic heterocycles. The molecule has 2 aromatic heterocycles. The number of anilines is 2. The SMILES string of the molecule is Cc1ccccc1[C@@H](C)Nc1ncc2n(c1=O)[C@H](C(=O)NCc1ccc(N)nc1C)CC2. The van der Waals surface area contributed by atoms with Crippen molar-refractivity contribution < 1.29 is 4.79 Å². The quantitative estimate of drug-likeness (QED) is 0.552. The third-order valence-corrected chi connectivity index (χ3v) is 6.04. The van der Waals surface area contributed by atoms with Gasteiger partial charge in [-0.1, -0.05) is 30.3 Å². The molecule has 8 heteroatoms. The minimum absolute atomic E-state index is 0.0929. The van der Waals surface area contributed by atoms with Gasteiger partial charge in [-0.25, -0.2) is 9.97 Å². The molecule has 1 aromatic carbocycles. The van der Waals surface area contributed by atoms with Crippen LogP contribution in [0.2, 0.25) is 0 Å².